The summed E-state index contributed by atoms with van der Waals surface area (Å²) in [4.78, 5) is 0. The van der Waals surface area contributed by atoms with Crippen molar-refractivity contribution in [3.05, 3.63) is 29.7 Å². The van der Waals surface area contributed by atoms with Gasteiger partial charge in [-0.1, -0.05) is 31.7 Å². The third kappa shape index (κ3) is 3.20. The van der Waals surface area contributed by atoms with Gasteiger partial charge in [0.25, 0.3) is 11.1 Å². The molecule has 0 bridgehead atoms. The van der Waals surface area contributed by atoms with Gasteiger partial charge in [0.05, 0.1) is 0 Å². The normalized spacial score (nSPS) is 15.8. The molecule has 0 saturated carbocycles. The van der Waals surface area contributed by atoms with E-state index in [0.29, 0.717) is 23.8 Å². The van der Waals surface area contributed by atoms with Crippen molar-refractivity contribution in [3.8, 4) is 11.5 Å². The van der Waals surface area contributed by atoms with Gasteiger partial charge in [-0.05, 0) is 24.1 Å². The van der Waals surface area contributed by atoms with Gasteiger partial charge in [0.2, 0.25) is 6.79 Å². The maximum atomic E-state index is 5.71. The van der Waals surface area contributed by atoms with Crippen LogP contribution in [-0.4, -0.2) is 17.0 Å². The number of hydrogen-bond donors (Lipinski definition) is 1. The monoisotopic (exact) mass is 322 g/mol. The van der Waals surface area contributed by atoms with E-state index in [9.17, 15) is 0 Å². The lowest BCUT2D eigenvalue weighted by molar-refractivity contribution is -0.444. The van der Waals surface area contributed by atoms with Crippen molar-refractivity contribution in [1.29, 1.82) is 0 Å². The molecule has 0 amide bonds. The maximum absolute atomic E-state index is 5.71. The molecule has 0 fully saturated rings. The van der Waals surface area contributed by atoms with E-state index in [1.54, 1.807) is 0 Å². The number of hydrogen-bond acceptors (Lipinski definition) is 6. The summed E-state index contributed by atoms with van der Waals surface area (Å²) < 4.78 is 16.4. The van der Waals surface area contributed by atoms with Gasteiger partial charge in [-0.3, -0.25) is 0 Å². The topological polar surface area (TPSA) is 85.0 Å². The summed E-state index contributed by atoms with van der Waals surface area (Å²) in [6.45, 7) is 4.56. The second kappa shape index (κ2) is 6.58. The van der Waals surface area contributed by atoms with Crippen LogP contribution in [0.5, 0.6) is 11.5 Å². The van der Waals surface area contributed by atoms with Crippen molar-refractivity contribution in [2.75, 3.05) is 6.79 Å². The number of nitrogens with zero attached hydrogens (tertiary/aromatic N) is 2. The SMILES string of the molecule is CC[C@H](C)[C@H]([NH3+])c1nnc(SCc2ccc3c(c2)OCO3)o1. The number of benzene rings is 1. The Morgan fingerprint density at radius 1 is 1.27 bits per heavy atom. The first-order valence-corrected chi connectivity index (χ1v) is 8.33. The van der Waals surface area contributed by atoms with Gasteiger partial charge in [-0.15, -0.1) is 10.2 Å². The first-order valence-electron chi connectivity index (χ1n) is 7.35. The van der Waals surface area contributed by atoms with E-state index in [2.05, 4.69) is 29.8 Å². The average molecular weight is 322 g/mol. The van der Waals surface area contributed by atoms with Crippen LogP contribution in [0.2, 0.25) is 0 Å². The first kappa shape index (κ1) is 15.2. The Balaban J connectivity index is 1.61. The number of aromatic nitrogens is 2. The second-order valence-electron chi connectivity index (χ2n) is 5.37. The third-order valence-electron chi connectivity index (χ3n) is 3.87. The fraction of sp³-hybridized carbons (Fsp3) is 0.467. The standard InChI is InChI=1S/C15H19N3O3S/c1-3-9(2)13(16)14-17-18-15(21-14)22-7-10-4-5-11-12(6-10)20-8-19-11/h4-6,9,13H,3,7-8,16H2,1-2H3/p+1/t9-,13-/m0/s1. The molecule has 0 spiro atoms. The molecule has 2 aromatic rings. The van der Waals surface area contributed by atoms with E-state index in [4.69, 9.17) is 13.9 Å². The highest BCUT2D eigenvalue weighted by Gasteiger charge is 2.23. The molecule has 22 heavy (non-hydrogen) atoms. The van der Waals surface area contributed by atoms with Crippen LogP contribution in [0, 0.1) is 5.92 Å². The summed E-state index contributed by atoms with van der Waals surface area (Å²) in [6, 6.07) is 5.96. The van der Waals surface area contributed by atoms with Crippen LogP contribution in [0.3, 0.4) is 0 Å². The Kier molecular flexibility index (Phi) is 4.54. The molecule has 6 nitrogen and oxygen atoms in total. The molecule has 3 rings (SSSR count). The van der Waals surface area contributed by atoms with E-state index in [-0.39, 0.29) is 6.04 Å². The Morgan fingerprint density at radius 2 is 2.09 bits per heavy atom. The molecule has 2 atom stereocenters. The highest BCUT2D eigenvalue weighted by atomic mass is 32.2. The van der Waals surface area contributed by atoms with Gasteiger partial charge >= 0.3 is 0 Å². The number of quaternary nitrogens is 1. The van der Waals surface area contributed by atoms with Crippen molar-refractivity contribution in [1.82, 2.24) is 10.2 Å². The summed E-state index contributed by atoms with van der Waals surface area (Å²) in [7, 11) is 0. The van der Waals surface area contributed by atoms with Crippen LogP contribution < -0.4 is 15.2 Å². The fourth-order valence-corrected chi connectivity index (χ4v) is 2.84. The highest BCUT2D eigenvalue weighted by Crippen LogP contribution is 2.34. The van der Waals surface area contributed by atoms with Crippen molar-refractivity contribution >= 4 is 11.8 Å². The van der Waals surface area contributed by atoms with Gasteiger partial charge < -0.3 is 19.6 Å². The van der Waals surface area contributed by atoms with E-state index in [1.807, 2.05) is 18.2 Å². The van der Waals surface area contributed by atoms with Crippen molar-refractivity contribution in [2.24, 2.45) is 5.92 Å². The van der Waals surface area contributed by atoms with Gasteiger partial charge in [0.15, 0.2) is 17.5 Å². The quantitative estimate of drug-likeness (QED) is 0.822. The lowest BCUT2D eigenvalue weighted by atomic mass is 10.0. The molecule has 0 saturated heterocycles. The molecule has 1 aliphatic heterocycles. The predicted octanol–water partition coefficient (Wildman–Crippen LogP) is 2.42. The van der Waals surface area contributed by atoms with Gasteiger partial charge in [0, 0.05) is 11.7 Å². The number of rotatable bonds is 6. The van der Waals surface area contributed by atoms with Crippen LogP contribution in [0.15, 0.2) is 27.8 Å². The molecule has 1 aromatic carbocycles. The zero-order valence-electron chi connectivity index (χ0n) is 12.7. The second-order valence-corrected chi connectivity index (χ2v) is 6.30. The van der Waals surface area contributed by atoms with E-state index in [0.717, 1.165) is 29.2 Å². The smallest absolute Gasteiger partial charge is 0.277 e. The van der Waals surface area contributed by atoms with Gasteiger partial charge in [-0.2, -0.15) is 0 Å². The summed E-state index contributed by atoms with van der Waals surface area (Å²) in [5.74, 6) is 3.36. The van der Waals surface area contributed by atoms with Gasteiger partial charge in [0.1, 0.15) is 0 Å². The molecule has 118 valence electrons. The molecular weight excluding hydrogens is 302 g/mol. The lowest BCUT2D eigenvalue weighted by Crippen LogP contribution is -2.56. The fourth-order valence-electron chi connectivity index (χ4n) is 2.13. The minimum Gasteiger partial charge on any atom is -0.454 e. The Hall–Kier alpha value is -1.73. The first-order chi connectivity index (χ1) is 10.7. The minimum absolute atomic E-state index is 0.0393. The van der Waals surface area contributed by atoms with Crippen molar-refractivity contribution in [3.63, 3.8) is 0 Å². The zero-order valence-corrected chi connectivity index (χ0v) is 13.6. The number of thioether (sulfide) groups is 1. The van der Waals surface area contributed by atoms with Crippen LogP contribution in [0.25, 0.3) is 0 Å². The van der Waals surface area contributed by atoms with Crippen LogP contribution in [-0.2, 0) is 5.75 Å². The van der Waals surface area contributed by atoms with Crippen LogP contribution in [0.1, 0.15) is 37.8 Å². The zero-order chi connectivity index (χ0) is 15.5. The largest absolute Gasteiger partial charge is 0.454 e. The molecule has 1 aliphatic rings. The number of ether oxygens (including phenoxy) is 2. The highest BCUT2D eigenvalue weighted by molar-refractivity contribution is 7.98. The molecular formula is C15H20N3O3S+. The predicted molar refractivity (Wildman–Crippen MR) is 81.5 cm³/mol. The summed E-state index contributed by atoms with van der Waals surface area (Å²) in [5, 5.41) is 8.78. The van der Waals surface area contributed by atoms with Crippen LogP contribution in [0.4, 0.5) is 0 Å². The Labute approximate surface area is 133 Å². The number of fused-ring (bicyclic) bond motifs is 1. The lowest BCUT2D eigenvalue weighted by Gasteiger charge is -2.09. The van der Waals surface area contributed by atoms with E-state index >= 15 is 0 Å². The molecule has 0 radical (unpaired) electrons. The minimum atomic E-state index is 0.0393. The van der Waals surface area contributed by atoms with Gasteiger partial charge in [-0.25, -0.2) is 0 Å². The van der Waals surface area contributed by atoms with Crippen LogP contribution >= 0.6 is 11.8 Å². The Morgan fingerprint density at radius 3 is 2.91 bits per heavy atom. The van der Waals surface area contributed by atoms with Crippen molar-refractivity contribution < 1.29 is 19.6 Å². The van der Waals surface area contributed by atoms with E-state index < -0.39 is 0 Å². The molecule has 0 aliphatic carbocycles. The summed E-state index contributed by atoms with van der Waals surface area (Å²) in [5.41, 5.74) is 5.24. The molecule has 3 N–H and O–H groups in total. The average Bonchev–Trinajstić information content (AvgIpc) is 3.19. The maximum Gasteiger partial charge on any atom is 0.277 e. The summed E-state index contributed by atoms with van der Waals surface area (Å²) >= 11 is 1.51. The Bertz CT molecular complexity index is 647. The molecule has 7 heteroatoms. The molecule has 0 unspecified atom stereocenters. The van der Waals surface area contributed by atoms with Crippen molar-refractivity contribution in [2.45, 2.75) is 37.3 Å². The third-order valence-corrected chi connectivity index (χ3v) is 4.76. The molecule has 2 heterocycles. The van der Waals surface area contributed by atoms with E-state index in [1.165, 1.54) is 11.8 Å². The summed E-state index contributed by atoms with van der Waals surface area (Å²) in [6.07, 6.45) is 1.04. The molecule has 1 aromatic heterocycles.